The molecule has 1 amide bonds. The first-order valence-corrected chi connectivity index (χ1v) is 8.31. The van der Waals surface area contributed by atoms with Crippen LogP contribution in [0.4, 0.5) is 0 Å². The van der Waals surface area contributed by atoms with Gasteiger partial charge in [-0.2, -0.15) is 0 Å². The smallest absolute Gasteiger partial charge is 0.236 e. The van der Waals surface area contributed by atoms with E-state index in [0.29, 0.717) is 23.9 Å². The highest BCUT2D eigenvalue weighted by atomic mass is 16.2. The standard InChI is InChI=1S/C16H28N2O/c19-15(18-11-5-6-12-18)13-17-14-7-1-2-8-16(14)9-3-4-10-16/h14,17H,1-13H2/t14-/m1/s1. The van der Waals surface area contributed by atoms with Crippen molar-refractivity contribution in [3.05, 3.63) is 0 Å². The molecule has 19 heavy (non-hydrogen) atoms. The van der Waals surface area contributed by atoms with Crippen molar-refractivity contribution in [1.82, 2.24) is 10.2 Å². The Morgan fingerprint density at radius 1 is 1.00 bits per heavy atom. The Bertz CT molecular complexity index is 317. The van der Waals surface area contributed by atoms with Gasteiger partial charge in [-0.15, -0.1) is 0 Å². The Balaban J connectivity index is 1.54. The van der Waals surface area contributed by atoms with E-state index >= 15 is 0 Å². The lowest BCUT2D eigenvalue weighted by Gasteiger charge is -2.42. The maximum absolute atomic E-state index is 12.2. The van der Waals surface area contributed by atoms with E-state index in [2.05, 4.69) is 5.32 Å². The summed E-state index contributed by atoms with van der Waals surface area (Å²) in [6, 6.07) is 0.607. The van der Waals surface area contributed by atoms with Crippen LogP contribution in [0.1, 0.15) is 64.2 Å². The number of hydrogen-bond acceptors (Lipinski definition) is 2. The first-order chi connectivity index (χ1) is 9.30. The number of nitrogens with zero attached hydrogens (tertiary/aromatic N) is 1. The number of carbonyl (C=O) groups is 1. The lowest BCUT2D eigenvalue weighted by Crippen LogP contribution is -2.49. The number of hydrogen-bond donors (Lipinski definition) is 1. The highest BCUT2D eigenvalue weighted by Gasteiger charge is 2.42. The van der Waals surface area contributed by atoms with Gasteiger partial charge in [0, 0.05) is 19.1 Å². The van der Waals surface area contributed by atoms with Crippen molar-refractivity contribution >= 4 is 5.91 Å². The van der Waals surface area contributed by atoms with Crippen molar-refractivity contribution in [2.24, 2.45) is 5.41 Å². The van der Waals surface area contributed by atoms with E-state index in [4.69, 9.17) is 0 Å². The van der Waals surface area contributed by atoms with Crippen LogP contribution in [0.25, 0.3) is 0 Å². The van der Waals surface area contributed by atoms with Crippen LogP contribution in [0.3, 0.4) is 0 Å². The van der Waals surface area contributed by atoms with E-state index in [1.807, 2.05) is 4.90 Å². The number of likely N-dealkylation sites (tertiary alicyclic amines) is 1. The largest absolute Gasteiger partial charge is 0.342 e. The SMILES string of the molecule is O=C(CN[C@@H]1CCCCC12CCCC2)N1CCCC1. The fourth-order valence-electron chi connectivity index (χ4n) is 4.59. The third kappa shape index (κ3) is 2.81. The van der Waals surface area contributed by atoms with Gasteiger partial charge in [0.15, 0.2) is 0 Å². The van der Waals surface area contributed by atoms with Gasteiger partial charge in [-0.1, -0.05) is 25.7 Å². The monoisotopic (exact) mass is 264 g/mol. The van der Waals surface area contributed by atoms with Crippen LogP contribution in [0.15, 0.2) is 0 Å². The first-order valence-electron chi connectivity index (χ1n) is 8.31. The second-order valence-corrected chi connectivity index (χ2v) is 6.84. The third-order valence-electron chi connectivity index (χ3n) is 5.71. The van der Waals surface area contributed by atoms with Crippen LogP contribution in [0.5, 0.6) is 0 Å². The zero-order valence-corrected chi connectivity index (χ0v) is 12.1. The molecular weight excluding hydrogens is 236 g/mol. The van der Waals surface area contributed by atoms with Gasteiger partial charge in [0.2, 0.25) is 5.91 Å². The lowest BCUT2D eigenvalue weighted by molar-refractivity contribution is -0.129. The van der Waals surface area contributed by atoms with Gasteiger partial charge in [0.25, 0.3) is 0 Å². The Hall–Kier alpha value is -0.570. The molecule has 3 fully saturated rings. The van der Waals surface area contributed by atoms with Crippen molar-refractivity contribution in [2.45, 2.75) is 70.3 Å². The zero-order valence-electron chi connectivity index (χ0n) is 12.1. The predicted octanol–water partition coefficient (Wildman–Crippen LogP) is 2.70. The van der Waals surface area contributed by atoms with E-state index in [-0.39, 0.29) is 0 Å². The Morgan fingerprint density at radius 3 is 2.32 bits per heavy atom. The molecule has 108 valence electrons. The van der Waals surface area contributed by atoms with Gasteiger partial charge in [0.05, 0.1) is 6.54 Å². The van der Waals surface area contributed by atoms with Crippen molar-refractivity contribution in [2.75, 3.05) is 19.6 Å². The molecule has 1 heterocycles. The van der Waals surface area contributed by atoms with Crippen molar-refractivity contribution in [3.8, 4) is 0 Å². The number of nitrogens with one attached hydrogen (secondary N) is 1. The Kier molecular flexibility index (Phi) is 4.11. The molecule has 0 aromatic carbocycles. The molecule has 1 atom stereocenters. The minimum Gasteiger partial charge on any atom is -0.342 e. The van der Waals surface area contributed by atoms with Crippen LogP contribution in [0.2, 0.25) is 0 Å². The topological polar surface area (TPSA) is 32.3 Å². The molecule has 0 aromatic heterocycles. The molecule has 2 aliphatic carbocycles. The van der Waals surface area contributed by atoms with Crippen molar-refractivity contribution in [1.29, 1.82) is 0 Å². The van der Waals surface area contributed by atoms with Gasteiger partial charge in [-0.3, -0.25) is 4.79 Å². The summed E-state index contributed by atoms with van der Waals surface area (Å²) in [6.45, 7) is 2.54. The molecule has 0 bridgehead atoms. The van der Waals surface area contributed by atoms with Crippen molar-refractivity contribution in [3.63, 3.8) is 0 Å². The van der Waals surface area contributed by atoms with Gasteiger partial charge in [0.1, 0.15) is 0 Å². The summed E-state index contributed by atoms with van der Waals surface area (Å²) < 4.78 is 0. The lowest BCUT2D eigenvalue weighted by atomic mass is 9.69. The summed E-state index contributed by atoms with van der Waals surface area (Å²) in [6.07, 6.45) is 13.4. The first kappa shape index (κ1) is 13.4. The van der Waals surface area contributed by atoms with Gasteiger partial charge in [-0.25, -0.2) is 0 Å². The van der Waals surface area contributed by atoms with Crippen molar-refractivity contribution < 1.29 is 4.79 Å². The van der Waals surface area contributed by atoms with E-state index in [1.165, 1.54) is 64.2 Å². The van der Waals surface area contributed by atoms with Crippen LogP contribution in [0, 0.1) is 5.41 Å². The normalized spacial score (nSPS) is 30.1. The highest BCUT2D eigenvalue weighted by Crippen LogP contribution is 2.48. The summed E-state index contributed by atoms with van der Waals surface area (Å²) in [4.78, 5) is 14.2. The maximum atomic E-state index is 12.2. The number of rotatable bonds is 3. The molecule has 1 saturated heterocycles. The molecule has 1 spiro atoms. The molecular formula is C16H28N2O. The molecule has 3 aliphatic rings. The average Bonchev–Trinajstić information content (AvgIpc) is 3.09. The summed E-state index contributed by atoms with van der Waals surface area (Å²) >= 11 is 0. The van der Waals surface area contributed by atoms with Gasteiger partial charge in [-0.05, 0) is 43.9 Å². The third-order valence-corrected chi connectivity index (χ3v) is 5.71. The summed E-state index contributed by atoms with van der Waals surface area (Å²) in [7, 11) is 0. The van der Waals surface area contributed by atoms with E-state index in [0.717, 1.165) is 13.1 Å². The molecule has 3 nitrogen and oxygen atoms in total. The summed E-state index contributed by atoms with van der Waals surface area (Å²) in [5.74, 6) is 0.330. The minimum absolute atomic E-state index is 0.330. The molecule has 3 heteroatoms. The van der Waals surface area contributed by atoms with Crippen LogP contribution < -0.4 is 5.32 Å². The highest BCUT2D eigenvalue weighted by molar-refractivity contribution is 5.78. The summed E-state index contributed by atoms with van der Waals surface area (Å²) in [5, 5.41) is 3.64. The van der Waals surface area contributed by atoms with Crippen LogP contribution in [-0.4, -0.2) is 36.5 Å². The number of amides is 1. The van der Waals surface area contributed by atoms with Gasteiger partial charge < -0.3 is 10.2 Å². The van der Waals surface area contributed by atoms with E-state index in [9.17, 15) is 4.79 Å². The fraction of sp³-hybridized carbons (Fsp3) is 0.938. The molecule has 0 radical (unpaired) electrons. The fourth-order valence-corrected chi connectivity index (χ4v) is 4.59. The molecule has 0 unspecified atom stereocenters. The van der Waals surface area contributed by atoms with Crippen LogP contribution in [-0.2, 0) is 4.79 Å². The molecule has 0 aromatic rings. The molecule has 3 rings (SSSR count). The van der Waals surface area contributed by atoms with E-state index in [1.54, 1.807) is 0 Å². The maximum Gasteiger partial charge on any atom is 0.236 e. The molecule has 1 aliphatic heterocycles. The van der Waals surface area contributed by atoms with Crippen LogP contribution >= 0.6 is 0 Å². The second-order valence-electron chi connectivity index (χ2n) is 6.84. The average molecular weight is 264 g/mol. The van der Waals surface area contributed by atoms with Gasteiger partial charge >= 0.3 is 0 Å². The number of carbonyl (C=O) groups excluding carboxylic acids is 1. The summed E-state index contributed by atoms with van der Waals surface area (Å²) in [5.41, 5.74) is 0.545. The Labute approximate surface area is 117 Å². The zero-order chi connectivity index (χ0) is 13.1. The Morgan fingerprint density at radius 2 is 1.63 bits per heavy atom. The van der Waals surface area contributed by atoms with E-state index < -0.39 is 0 Å². The second kappa shape index (κ2) is 5.82. The minimum atomic E-state index is 0.330. The quantitative estimate of drug-likeness (QED) is 0.850. The molecule has 2 saturated carbocycles. The molecule has 1 N–H and O–H groups in total. The predicted molar refractivity (Wildman–Crippen MR) is 77.0 cm³/mol.